The molecule has 0 N–H and O–H groups in total. The Kier molecular flexibility index (Phi) is 4.90. The van der Waals surface area contributed by atoms with Gasteiger partial charge in [0.25, 0.3) is 0 Å². The Labute approximate surface area is 157 Å². The number of benzene rings is 3. The first-order valence-electron chi connectivity index (χ1n) is 7.69. The number of Topliss-reactive ketones (excluding diaryl/α,β-unsaturated/α-hetero) is 1. The van der Waals surface area contributed by atoms with Gasteiger partial charge in [0.1, 0.15) is 0 Å². The Morgan fingerprint density at radius 3 is 2.12 bits per heavy atom. The first-order chi connectivity index (χ1) is 11.3. The fraction of sp³-hybridized carbons (Fsp3) is 0.0476. The molecule has 1 aromatic heterocycles. The highest BCUT2D eigenvalue weighted by molar-refractivity contribution is 5.99. The van der Waals surface area contributed by atoms with E-state index in [1.807, 2.05) is 71.6 Å². The molecule has 118 valence electrons. The van der Waals surface area contributed by atoms with Crippen LogP contribution in [0, 0.1) is 0 Å². The molecule has 0 atom stereocenters. The van der Waals surface area contributed by atoms with E-state index < -0.39 is 0 Å². The second-order valence-electron chi connectivity index (χ2n) is 5.73. The van der Waals surface area contributed by atoms with E-state index in [4.69, 9.17) is 0 Å². The Balaban J connectivity index is 0.00000169. The van der Waals surface area contributed by atoms with E-state index in [1.165, 1.54) is 5.39 Å². The highest BCUT2D eigenvalue weighted by atomic mass is 127. The molecule has 0 spiro atoms. The van der Waals surface area contributed by atoms with Crippen LogP contribution in [-0.2, 0) is 6.54 Å². The molecule has 3 heteroatoms. The predicted molar refractivity (Wildman–Crippen MR) is 92.4 cm³/mol. The maximum atomic E-state index is 12.6. The summed E-state index contributed by atoms with van der Waals surface area (Å²) >= 11 is 0. The van der Waals surface area contributed by atoms with Crippen LogP contribution in [0.1, 0.15) is 10.4 Å². The summed E-state index contributed by atoms with van der Waals surface area (Å²) in [6.45, 7) is 0.350. The number of pyridine rings is 1. The number of fused-ring (bicyclic) bond motifs is 2. The average Bonchev–Trinajstić information content (AvgIpc) is 2.61. The molecule has 0 radical (unpaired) electrons. The van der Waals surface area contributed by atoms with Gasteiger partial charge in [-0.05, 0) is 28.3 Å². The lowest BCUT2D eigenvalue weighted by molar-refractivity contribution is -0.681. The molecule has 4 rings (SSSR count). The number of ketones is 1. The second kappa shape index (κ2) is 7.09. The summed E-state index contributed by atoms with van der Waals surface area (Å²) in [5.41, 5.74) is 0.754. The molecule has 4 aromatic rings. The molecule has 0 amide bonds. The van der Waals surface area contributed by atoms with E-state index in [9.17, 15) is 4.79 Å². The third-order valence-corrected chi connectivity index (χ3v) is 4.14. The molecule has 0 unspecified atom stereocenters. The summed E-state index contributed by atoms with van der Waals surface area (Å²) < 4.78 is 1.94. The van der Waals surface area contributed by atoms with Gasteiger partial charge in [0.2, 0.25) is 12.3 Å². The molecule has 1 heterocycles. The number of carbonyl (C=O) groups excluding carboxylic acids is 1. The topological polar surface area (TPSA) is 20.9 Å². The number of nitrogens with zero attached hydrogens (tertiary/aromatic N) is 1. The van der Waals surface area contributed by atoms with Crippen molar-refractivity contribution in [2.24, 2.45) is 0 Å². The number of hydrogen-bond donors (Lipinski definition) is 0. The number of rotatable bonds is 3. The summed E-state index contributed by atoms with van der Waals surface area (Å²) in [6.07, 6.45) is 3.98. The minimum absolute atomic E-state index is 0. The third kappa shape index (κ3) is 3.31. The molecular formula is C21H16INO. The van der Waals surface area contributed by atoms with Crippen molar-refractivity contribution < 1.29 is 33.3 Å². The fourth-order valence-electron chi connectivity index (χ4n) is 2.90. The smallest absolute Gasteiger partial charge is 0.227 e. The number of halogens is 1. The first-order valence-corrected chi connectivity index (χ1v) is 7.69. The van der Waals surface area contributed by atoms with Gasteiger partial charge in [-0.3, -0.25) is 4.79 Å². The van der Waals surface area contributed by atoms with E-state index in [0.29, 0.717) is 6.54 Å². The lowest BCUT2D eigenvalue weighted by Gasteiger charge is -2.02. The largest absolute Gasteiger partial charge is 1.00 e. The Hall–Kier alpha value is -2.27. The van der Waals surface area contributed by atoms with Crippen molar-refractivity contribution in [3.8, 4) is 0 Å². The second-order valence-corrected chi connectivity index (χ2v) is 5.73. The normalized spacial score (nSPS) is 10.5. The van der Waals surface area contributed by atoms with E-state index >= 15 is 0 Å². The van der Waals surface area contributed by atoms with Crippen molar-refractivity contribution in [2.75, 3.05) is 0 Å². The Bertz CT molecular complexity index is 1030. The van der Waals surface area contributed by atoms with Gasteiger partial charge >= 0.3 is 0 Å². The van der Waals surface area contributed by atoms with Crippen LogP contribution < -0.4 is 28.5 Å². The molecule has 2 nitrogen and oxygen atoms in total. The monoisotopic (exact) mass is 425 g/mol. The van der Waals surface area contributed by atoms with Gasteiger partial charge < -0.3 is 24.0 Å². The molecule has 24 heavy (non-hydrogen) atoms. The van der Waals surface area contributed by atoms with Crippen LogP contribution in [-0.4, -0.2) is 5.78 Å². The molecule has 0 aliphatic rings. The molecule has 0 fully saturated rings. The fourth-order valence-corrected chi connectivity index (χ4v) is 2.90. The Morgan fingerprint density at radius 1 is 0.750 bits per heavy atom. The molecule has 3 aromatic carbocycles. The lowest BCUT2D eigenvalue weighted by Crippen LogP contribution is -3.00. The van der Waals surface area contributed by atoms with E-state index in [0.717, 1.165) is 21.7 Å². The van der Waals surface area contributed by atoms with Crippen LogP contribution in [0.2, 0.25) is 0 Å². The predicted octanol–water partition coefficient (Wildman–Crippen LogP) is 1.17. The molecular weight excluding hydrogens is 409 g/mol. The van der Waals surface area contributed by atoms with E-state index in [2.05, 4.69) is 18.2 Å². The van der Waals surface area contributed by atoms with Crippen molar-refractivity contribution in [3.05, 3.63) is 90.8 Å². The van der Waals surface area contributed by atoms with Gasteiger partial charge in [-0.15, -0.1) is 0 Å². The van der Waals surface area contributed by atoms with Crippen LogP contribution in [0.3, 0.4) is 0 Å². The quantitative estimate of drug-likeness (QED) is 0.274. The zero-order valence-electron chi connectivity index (χ0n) is 13.0. The maximum absolute atomic E-state index is 12.6. The van der Waals surface area contributed by atoms with Crippen molar-refractivity contribution in [1.82, 2.24) is 0 Å². The number of carbonyl (C=O) groups is 1. The van der Waals surface area contributed by atoms with Crippen molar-refractivity contribution in [1.29, 1.82) is 0 Å². The summed E-state index contributed by atoms with van der Waals surface area (Å²) in [6, 6.07) is 24.2. The van der Waals surface area contributed by atoms with Crippen molar-refractivity contribution in [3.63, 3.8) is 0 Å². The van der Waals surface area contributed by atoms with E-state index in [1.54, 1.807) is 0 Å². The summed E-state index contributed by atoms with van der Waals surface area (Å²) in [4.78, 5) is 12.6. The molecule has 0 saturated carbocycles. The highest BCUT2D eigenvalue weighted by Gasteiger charge is 2.13. The van der Waals surface area contributed by atoms with Crippen LogP contribution in [0.25, 0.3) is 21.5 Å². The van der Waals surface area contributed by atoms with Gasteiger partial charge in [-0.1, -0.05) is 54.6 Å². The van der Waals surface area contributed by atoms with Crippen molar-refractivity contribution in [2.45, 2.75) is 6.54 Å². The molecule has 0 saturated heterocycles. The van der Waals surface area contributed by atoms with Crippen molar-refractivity contribution >= 4 is 27.3 Å². The molecule has 0 aliphatic heterocycles. The highest BCUT2D eigenvalue weighted by Crippen LogP contribution is 2.16. The van der Waals surface area contributed by atoms with Gasteiger partial charge in [0.05, 0.1) is 0 Å². The molecule has 0 bridgehead atoms. The maximum Gasteiger partial charge on any atom is 0.227 e. The van der Waals surface area contributed by atoms with Crippen LogP contribution in [0.15, 0.2) is 85.2 Å². The lowest BCUT2D eigenvalue weighted by atomic mass is 10.0. The summed E-state index contributed by atoms with van der Waals surface area (Å²) in [5, 5.41) is 4.58. The van der Waals surface area contributed by atoms with Crippen LogP contribution >= 0.6 is 0 Å². The van der Waals surface area contributed by atoms with Gasteiger partial charge in [0.15, 0.2) is 12.4 Å². The first kappa shape index (κ1) is 16.6. The summed E-state index contributed by atoms with van der Waals surface area (Å²) in [5.74, 6) is 0.121. The average molecular weight is 425 g/mol. The minimum atomic E-state index is 0. The van der Waals surface area contributed by atoms with Gasteiger partial charge in [-0.25, -0.2) is 0 Å². The summed E-state index contributed by atoms with van der Waals surface area (Å²) in [7, 11) is 0. The third-order valence-electron chi connectivity index (χ3n) is 4.14. The molecule has 0 aliphatic carbocycles. The van der Waals surface area contributed by atoms with E-state index in [-0.39, 0.29) is 29.8 Å². The SMILES string of the molecule is O=C(C[n+]1ccc2ccccc2c1)c1ccc2ccccc2c1.[I-]. The Morgan fingerprint density at radius 2 is 1.38 bits per heavy atom. The number of aromatic nitrogens is 1. The zero-order chi connectivity index (χ0) is 15.6. The van der Waals surface area contributed by atoms with Gasteiger partial charge in [-0.2, -0.15) is 4.57 Å². The number of hydrogen-bond acceptors (Lipinski definition) is 1. The van der Waals surface area contributed by atoms with Crippen LogP contribution in [0.5, 0.6) is 0 Å². The van der Waals surface area contributed by atoms with Gasteiger partial charge in [0, 0.05) is 17.0 Å². The zero-order valence-corrected chi connectivity index (χ0v) is 15.2. The minimum Gasteiger partial charge on any atom is -1.00 e. The van der Waals surface area contributed by atoms with Crippen LogP contribution in [0.4, 0.5) is 0 Å². The standard InChI is InChI=1S/C21H16NO.HI/c23-21(19-10-9-16-5-1-3-7-18(16)13-19)15-22-12-11-17-6-2-4-8-20(17)14-22;/h1-14H,15H2;1H/q+1;/p-1.